The first kappa shape index (κ1) is 14.5. The summed E-state index contributed by atoms with van der Waals surface area (Å²) in [7, 11) is 1.64. The topological polar surface area (TPSA) is 78.9 Å². The quantitative estimate of drug-likeness (QED) is 0.545. The number of allylic oxidation sites excluding steroid dienone is 1. The summed E-state index contributed by atoms with van der Waals surface area (Å²) in [5.41, 5.74) is -1.27. The van der Waals surface area contributed by atoms with Crippen LogP contribution in [0, 0.1) is 0 Å². The van der Waals surface area contributed by atoms with Crippen LogP contribution in [0.25, 0.3) is 0 Å². The Bertz CT molecular complexity index is 324. The highest BCUT2D eigenvalue weighted by atomic mass is 16.5. The lowest BCUT2D eigenvalue weighted by atomic mass is 9.99. The van der Waals surface area contributed by atoms with E-state index in [0.29, 0.717) is 19.6 Å². The number of amides is 2. The number of urea groups is 1. The van der Waals surface area contributed by atoms with Crippen LogP contribution in [0.3, 0.4) is 0 Å². The van der Waals surface area contributed by atoms with Crippen LogP contribution in [0.1, 0.15) is 19.3 Å². The zero-order valence-corrected chi connectivity index (χ0v) is 10.6. The molecule has 0 radical (unpaired) electrons. The summed E-state index contributed by atoms with van der Waals surface area (Å²) in [6.07, 6.45) is 3.72. The van der Waals surface area contributed by atoms with E-state index in [0.717, 1.165) is 12.8 Å². The molecule has 6 heteroatoms. The number of hydrogen-bond donors (Lipinski definition) is 2. The molecule has 0 aromatic heterocycles. The molecule has 0 aromatic carbocycles. The van der Waals surface area contributed by atoms with Crippen LogP contribution in [0.4, 0.5) is 4.79 Å². The summed E-state index contributed by atoms with van der Waals surface area (Å²) in [4.78, 5) is 24.6. The van der Waals surface area contributed by atoms with Crippen LogP contribution < -0.4 is 5.32 Å². The fourth-order valence-electron chi connectivity index (χ4n) is 1.76. The van der Waals surface area contributed by atoms with Crippen molar-refractivity contribution >= 4 is 12.0 Å². The van der Waals surface area contributed by atoms with Gasteiger partial charge in [0.1, 0.15) is 0 Å². The van der Waals surface area contributed by atoms with Crippen molar-refractivity contribution < 1.29 is 19.4 Å². The zero-order valence-electron chi connectivity index (χ0n) is 10.6. The Morgan fingerprint density at radius 1 is 1.61 bits per heavy atom. The first-order valence-corrected chi connectivity index (χ1v) is 5.97. The Labute approximate surface area is 107 Å². The number of hydrogen-bond acceptors (Lipinski definition) is 3. The molecule has 0 bridgehead atoms. The van der Waals surface area contributed by atoms with Gasteiger partial charge in [0.05, 0.1) is 6.61 Å². The minimum absolute atomic E-state index is 0.0224. The first-order chi connectivity index (χ1) is 8.52. The van der Waals surface area contributed by atoms with E-state index in [1.54, 1.807) is 13.1 Å². The van der Waals surface area contributed by atoms with Gasteiger partial charge in [-0.15, -0.1) is 6.58 Å². The molecule has 1 aliphatic rings. The molecule has 1 unspecified atom stereocenters. The molecule has 0 spiro atoms. The third kappa shape index (κ3) is 3.46. The molecular weight excluding hydrogens is 236 g/mol. The predicted molar refractivity (Wildman–Crippen MR) is 66.4 cm³/mol. The van der Waals surface area contributed by atoms with E-state index < -0.39 is 11.5 Å². The average Bonchev–Trinajstić information content (AvgIpc) is 2.79. The largest absolute Gasteiger partial charge is 0.479 e. The van der Waals surface area contributed by atoms with Gasteiger partial charge in [0.2, 0.25) is 0 Å². The molecule has 0 aliphatic carbocycles. The minimum atomic E-state index is -1.27. The van der Waals surface area contributed by atoms with Crippen molar-refractivity contribution in [3.8, 4) is 0 Å². The maximum absolute atomic E-state index is 11.9. The number of nitrogens with zero attached hydrogens (tertiary/aromatic N) is 1. The number of carbonyl (C=O) groups is 2. The molecule has 18 heavy (non-hydrogen) atoms. The molecule has 1 fully saturated rings. The van der Waals surface area contributed by atoms with E-state index in [1.165, 1.54) is 4.90 Å². The van der Waals surface area contributed by atoms with Gasteiger partial charge in [0.25, 0.3) is 0 Å². The number of unbranched alkanes of at least 4 members (excludes halogenated alkanes) is 1. The monoisotopic (exact) mass is 256 g/mol. The fourth-order valence-corrected chi connectivity index (χ4v) is 1.76. The molecule has 1 saturated heterocycles. The van der Waals surface area contributed by atoms with Crippen LogP contribution >= 0.6 is 0 Å². The third-order valence-electron chi connectivity index (χ3n) is 3.03. The highest BCUT2D eigenvalue weighted by molar-refractivity contribution is 5.86. The number of carboxylic acids is 1. The lowest BCUT2D eigenvalue weighted by molar-refractivity contribution is -0.144. The normalized spacial score (nSPS) is 22.5. The van der Waals surface area contributed by atoms with Crippen molar-refractivity contribution in [2.45, 2.75) is 24.8 Å². The van der Waals surface area contributed by atoms with Crippen molar-refractivity contribution in [3.05, 3.63) is 12.7 Å². The number of ether oxygens (including phenoxy) is 1. The van der Waals surface area contributed by atoms with E-state index in [1.807, 2.05) is 0 Å². The Hall–Kier alpha value is -1.56. The Morgan fingerprint density at radius 3 is 2.83 bits per heavy atom. The molecule has 2 N–H and O–H groups in total. The van der Waals surface area contributed by atoms with E-state index in [-0.39, 0.29) is 12.6 Å². The van der Waals surface area contributed by atoms with Crippen molar-refractivity contribution in [1.82, 2.24) is 10.2 Å². The summed E-state index contributed by atoms with van der Waals surface area (Å²) in [6.45, 7) is 4.55. The number of carbonyl (C=O) groups excluding carboxylic acids is 1. The standard InChI is InChI=1S/C12H20N2O4/c1-3-4-5-7-14(2)11(17)13-12(10(15)16)6-8-18-9-12/h3H,1,4-9H2,2H3,(H,13,17)(H,15,16). The van der Waals surface area contributed by atoms with E-state index >= 15 is 0 Å². The second-order valence-corrected chi connectivity index (χ2v) is 4.47. The van der Waals surface area contributed by atoms with Gasteiger partial charge in [-0.3, -0.25) is 0 Å². The van der Waals surface area contributed by atoms with Crippen LogP contribution in [0.2, 0.25) is 0 Å². The molecule has 0 aromatic rings. The Kier molecular flexibility index (Phi) is 5.15. The lowest BCUT2D eigenvalue weighted by Crippen LogP contribution is -2.58. The van der Waals surface area contributed by atoms with Gasteiger partial charge in [-0.2, -0.15) is 0 Å². The van der Waals surface area contributed by atoms with Crippen LogP contribution in [0.15, 0.2) is 12.7 Å². The third-order valence-corrected chi connectivity index (χ3v) is 3.03. The number of nitrogens with one attached hydrogen (secondary N) is 1. The second-order valence-electron chi connectivity index (χ2n) is 4.47. The van der Waals surface area contributed by atoms with Gasteiger partial charge in [-0.05, 0) is 12.8 Å². The Morgan fingerprint density at radius 2 is 2.33 bits per heavy atom. The summed E-state index contributed by atoms with van der Waals surface area (Å²) in [5, 5.41) is 11.7. The number of aliphatic carboxylic acids is 1. The summed E-state index contributed by atoms with van der Waals surface area (Å²) in [6, 6.07) is -0.382. The van der Waals surface area contributed by atoms with Crippen molar-refractivity contribution in [2.75, 3.05) is 26.8 Å². The highest BCUT2D eigenvalue weighted by Crippen LogP contribution is 2.19. The fraction of sp³-hybridized carbons (Fsp3) is 0.667. The van der Waals surface area contributed by atoms with E-state index in [4.69, 9.17) is 4.74 Å². The number of carboxylic acid groups (broad SMARTS) is 1. The molecular formula is C12H20N2O4. The van der Waals surface area contributed by atoms with Gasteiger partial charge in [-0.25, -0.2) is 9.59 Å². The first-order valence-electron chi connectivity index (χ1n) is 5.97. The van der Waals surface area contributed by atoms with Crippen LogP contribution in [-0.2, 0) is 9.53 Å². The van der Waals surface area contributed by atoms with Gasteiger partial charge in [-0.1, -0.05) is 6.08 Å². The van der Waals surface area contributed by atoms with Gasteiger partial charge in [0.15, 0.2) is 5.54 Å². The van der Waals surface area contributed by atoms with Gasteiger partial charge < -0.3 is 20.1 Å². The summed E-state index contributed by atoms with van der Waals surface area (Å²) >= 11 is 0. The molecule has 0 saturated carbocycles. The molecule has 6 nitrogen and oxygen atoms in total. The number of rotatable bonds is 6. The molecule has 1 aliphatic heterocycles. The molecule has 2 amide bonds. The van der Waals surface area contributed by atoms with E-state index in [2.05, 4.69) is 11.9 Å². The zero-order chi connectivity index (χ0) is 13.6. The highest BCUT2D eigenvalue weighted by Gasteiger charge is 2.44. The molecule has 1 heterocycles. The van der Waals surface area contributed by atoms with Gasteiger partial charge >= 0.3 is 12.0 Å². The lowest BCUT2D eigenvalue weighted by Gasteiger charge is -2.27. The summed E-state index contributed by atoms with van der Waals surface area (Å²) in [5.74, 6) is -1.05. The maximum Gasteiger partial charge on any atom is 0.332 e. The molecule has 1 atom stereocenters. The van der Waals surface area contributed by atoms with Crippen molar-refractivity contribution in [3.63, 3.8) is 0 Å². The van der Waals surface area contributed by atoms with Crippen molar-refractivity contribution in [1.29, 1.82) is 0 Å². The average molecular weight is 256 g/mol. The van der Waals surface area contributed by atoms with Crippen LogP contribution in [-0.4, -0.2) is 54.4 Å². The predicted octanol–water partition coefficient (Wildman–Crippen LogP) is 0.838. The summed E-state index contributed by atoms with van der Waals surface area (Å²) < 4.78 is 5.07. The van der Waals surface area contributed by atoms with Crippen molar-refractivity contribution in [2.24, 2.45) is 0 Å². The molecule has 1 rings (SSSR count). The van der Waals surface area contributed by atoms with Crippen LogP contribution in [0.5, 0.6) is 0 Å². The molecule has 102 valence electrons. The smallest absolute Gasteiger partial charge is 0.332 e. The van der Waals surface area contributed by atoms with E-state index in [9.17, 15) is 14.7 Å². The maximum atomic E-state index is 11.9. The minimum Gasteiger partial charge on any atom is -0.479 e. The van der Waals surface area contributed by atoms with Gasteiger partial charge in [0, 0.05) is 26.6 Å². The second kappa shape index (κ2) is 6.39. The SMILES string of the molecule is C=CCCCN(C)C(=O)NC1(C(=O)O)CCOC1. The Balaban J connectivity index is 2.51.